The zero-order valence-corrected chi connectivity index (χ0v) is 26.0. The van der Waals surface area contributed by atoms with Crippen LogP contribution < -0.4 is 0 Å². The SMILES string of the molecule is CCC1(CC)CCC2CCC(CC)(CC)C(O)=C2C1=O.Cc1ccc2cnc(-c3[c-]cccc3)cc2c1.[Ir]. The molecule has 1 N–H and O–H groups in total. The topological polar surface area (TPSA) is 50.2 Å². The first-order chi connectivity index (χ1) is 17.8. The van der Waals surface area contributed by atoms with Gasteiger partial charge >= 0.3 is 0 Å². The predicted octanol–water partition coefficient (Wildman–Crippen LogP) is 9.19. The summed E-state index contributed by atoms with van der Waals surface area (Å²) in [5, 5.41) is 13.3. The van der Waals surface area contributed by atoms with E-state index in [1.165, 1.54) is 16.3 Å². The summed E-state index contributed by atoms with van der Waals surface area (Å²) >= 11 is 0. The maximum Gasteiger partial charge on any atom is 0.168 e. The van der Waals surface area contributed by atoms with Crippen LogP contribution in [-0.2, 0) is 24.9 Å². The van der Waals surface area contributed by atoms with E-state index in [9.17, 15) is 9.90 Å². The van der Waals surface area contributed by atoms with Crippen molar-refractivity contribution < 1.29 is 30.0 Å². The van der Waals surface area contributed by atoms with E-state index in [0.717, 1.165) is 68.2 Å². The van der Waals surface area contributed by atoms with Crippen molar-refractivity contribution in [3.05, 3.63) is 77.7 Å². The van der Waals surface area contributed by atoms with Gasteiger partial charge in [-0.2, -0.15) is 0 Å². The van der Waals surface area contributed by atoms with Gasteiger partial charge < -0.3 is 10.1 Å². The Kier molecular flexibility index (Phi) is 10.1. The maximum absolute atomic E-state index is 13.1. The molecule has 0 amide bonds. The van der Waals surface area contributed by atoms with Crippen molar-refractivity contribution in [3.8, 4) is 11.3 Å². The molecule has 0 bridgehead atoms. The van der Waals surface area contributed by atoms with E-state index in [2.05, 4.69) is 69.9 Å². The summed E-state index contributed by atoms with van der Waals surface area (Å²) < 4.78 is 0. The zero-order chi connectivity index (χ0) is 26.6. The molecule has 2 aromatic carbocycles. The normalized spacial score (nSPS) is 19.7. The minimum absolute atomic E-state index is 0. The molecule has 1 atom stereocenters. The van der Waals surface area contributed by atoms with E-state index >= 15 is 0 Å². The first kappa shape index (κ1) is 30.3. The van der Waals surface area contributed by atoms with Crippen LogP contribution in [0, 0.1) is 29.7 Å². The summed E-state index contributed by atoms with van der Waals surface area (Å²) in [7, 11) is 0. The number of allylic oxidation sites excluding steroid dienone is 2. The molecule has 5 rings (SSSR count). The molecule has 1 radical (unpaired) electrons. The van der Waals surface area contributed by atoms with Gasteiger partial charge in [0.15, 0.2) is 5.78 Å². The Labute approximate surface area is 242 Å². The van der Waals surface area contributed by atoms with E-state index in [4.69, 9.17) is 0 Å². The molecule has 4 heteroatoms. The number of Topliss-reactive ketones (excluding diaryl/α,β-unsaturated/α-hetero) is 1. The van der Waals surface area contributed by atoms with Gasteiger partial charge in [0.1, 0.15) is 5.76 Å². The number of aromatic nitrogens is 1. The third-order valence-electron chi connectivity index (χ3n) is 9.40. The number of aliphatic hydroxyl groups is 1. The third kappa shape index (κ3) is 5.68. The molecule has 0 saturated heterocycles. The van der Waals surface area contributed by atoms with Crippen LogP contribution in [0.15, 0.2) is 66.1 Å². The Morgan fingerprint density at radius 3 is 2.18 bits per heavy atom. The van der Waals surface area contributed by atoms with Crippen molar-refractivity contribution in [2.75, 3.05) is 0 Å². The van der Waals surface area contributed by atoms with Crippen LogP contribution >= 0.6 is 0 Å². The number of hydrogen-bond donors (Lipinski definition) is 1. The number of hydrogen-bond acceptors (Lipinski definition) is 3. The second-order valence-corrected chi connectivity index (χ2v) is 11.0. The minimum atomic E-state index is -0.204. The fourth-order valence-corrected chi connectivity index (χ4v) is 6.45. The van der Waals surface area contributed by atoms with Gasteiger partial charge in [-0.05, 0) is 80.7 Å². The van der Waals surface area contributed by atoms with Crippen LogP contribution in [0.4, 0.5) is 0 Å². The molecule has 2 aliphatic rings. The summed E-state index contributed by atoms with van der Waals surface area (Å²) in [6.07, 6.45) is 9.80. The van der Waals surface area contributed by atoms with E-state index in [1.807, 2.05) is 30.5 Å². The molecule has 1 saturated carbocycles. The van der Waals surface area contributed by atoms with Crippen LogP contribution in [0.1, 0.15) is 84.6 Å². The van der Waals surface area contributed by atoms with E-state index in [-0.39, 0.29) is 36.7 Å². The van der Waals surface area contributed by atoms with Gasteiger partial charge in [-0.15, -0.1) is 35.9 Å². The standard InChI is InChI=1S/C18H30O2.C16H12N.Ir/c1-5-17(6-2)11-9-13-10-12-18(7-3,8-4)16(20)14(13)15(17)19;1-12-7-8-14-11-17-16(10-15(14)9-12)13-5-3-2-4-6-13;/h13,19H,5-12H2,1-4H3;2-5,7-11H,1H3;/q;-1;. The average molecular weight is 689 g/mol. The summed E-state index contributed by atoms with van der Waals surface area (Å²) in [6, 6.07) is 19.6. The van der Waals surface area contributed by atoms with Gasteiger partial charge in [-0.25, -0.2) is 0 Å². The number of carbonyl (C=O) groups is 1. The molecule has 38 heavy (non-hydrogen) atoms. The summed E-state index contributed by atoms with van der Waals surface area (Å²) in [6.45, 7) is 10.6. The van der Waals surface area contributed by atoms with Gasteiger partial charge in [-0.1, -0.05) is 57.5 Å². The Morgan fingerprint density at radius 2 is 1.58 bits per heavy atom. The first-order valence-corrected chi connectivity index (χ1v) is 14.1. The average Bonchev–Trinajstić information content (AvgIpc) is 2.94. The third-order valence-corrected chi connectivity index (χ3v) is 9.40. The van der Waals surface area contributed by atoms with Crippen LogP contribution in [0.25, 0.3) is 22.0 Å². The monoisotopic (exact) mass is 689 g/mol. The fraction of sp³-hybridized carbons (Fsp3) is 0.471. The second-order valence-electron chi connectivity index (χ2n) is 11.0. The molecule has 3 aromatic rings. The molecule has 1 aromatic heterocycles. The van der Waals surface area contributed by atoms with Crippen molar-refractivity contribution in [3.63, 3.8) is 0 Å². The summed E-state index contributed by atoms with van der Waals surface area (Å²) in [4.78, 5) is 17.5. The van der Waals surface area contributed by atoms with E-state index in [1.54, 1.807) is 0 Å². The van der Waals surface area contributed by atoms with E-state index < -0.39 is 0 Å². The zero-order valence-electron chi connectivity index (χ0n) is 23.6. The van der Waals surface area contributed by atoms with Crippen LogP contribution in [-0.4, -0.2) is 15.9 Å². The molecule has 1 heterocycles. The Balaban J connectivity index is 0.000000207. The molecular weight excluding hydrogens is 647 g/mol. The quantitative estimate of drug-likeness (QED) is 0.272. The van der Waals surface area contributed by atoms with Crippen molar-refractivity contribution in [2.24, 2.45) is 16.7 Å². The van der Waals surface area contributed by atoms with Crippen molar-refractivity contribution in [1.29, 1.82) is 0 Å². The minimum Gasteiger partial charge on any atom is -0.511 e. The summed E-state index contributed by atoms with van der Waals surface area (Å²) in [5.41, 5.74) is 3.76. The van der Waals surface area contributed by atoms with Crippen LogP contribution in [0.5, 0.6) is 0 Å². The Morgan fingerprint density at radius 1 is 0.921 bits per heavy atom. The number of rotatable bonds is 5. The number of aryl methyl sites for hydroxylation is 1. The molecule has 205 valence electrons. The largest absolute Gasteiger partial charge is 0.511 e. The number of ketones is 1. The number of pyridine rings is 1. The smallest absolute Gasteiger partial charge is 0.168 e. The van der Waals surface area contributed by atoms with Crippen molar-refractivity contribution in [1.82, 2.24) is 4.98 Å². The van der Waals surface area contributed by atoms with Gasteiger partial charge in [0.05, 0.1) is 0 Å². The van der Waals surface area contributed by atoms with Crippen LogP contribution in [0.2, 0.25) is 0 Å². The van der Waals surface area contributed by atoms with Crippen LogP contribution in [0.3, 0.4) is 0 Å². The molecule has 0 spiro atoms. The Bertz CT molecular complexity index is 1270. The molecule has 3 nitrogen and oxygen atoms in total. The second kappa shape index (κ2) is 12.7. The number of fused-ring (bicyclic) bond motifs is 2. The van der Waals surface area contributed by atoms with Gasteiger partial charge in [0.25, 0.3) is 0 Å². The van der Waals surface area contributed by atoms with E-state index in [0.29, 0.717) is 11.7 Å². The van der Waals surface area contributed by atoms with Crippen molar-refractivity contribution >= 4 is 16.6 Å². The van der Waals surface area contributed by atoms with Gasteiger partial charge in [-0.3, -0.25) is 4.79 Å². The van der Waals surface area contributed by atoms with Gasteiger partial charge in [0, 0.05) is 42.7 Å². The molecule has 1 unspecified atom stereocenters. The van der Waals surface area contributed by atoms with Crippen molar-refractivity contribution in [2.45, 2.75) is 86.0 Å². The molecule has 0 aliphatic heterocycles. The number of nitrogens with zero attached hydrogens (tertiary/aromatic N) is 1. The Hall–Kier alpha value is -2.29. The fourth-order valence-electron chi connectivity index (χ4n) is 6.45. The van der Waals surface area contributed by atoms with Gasteiger partial charge in [0.2, 0.25) is 0 Å². The molecular formula is C34H42IrNO2-. The number of benzene rings is 2. The molecule has 1 fully saturated rings. The number of aliphatic hydroxyl groups excluding tert-OH is 1. The maximum atomic E-state index is 13.1. The molecule has 2 aliphatic carbocycles. The first-order valence-electron chi connectivity index (χ1n) is 14.1. The summed E-state index contributed by atoms with van der Waals surface area (Å²) in [5.74, 6) is 1.04. The number of carbonyl (C=O) groups excluding carboxylic acids is 1. The predicted molar refractivity (Wildman–Crippen MR) is 153 cm³/mol.